The molecule has 1 heterocycles. The van der Waals surface area contributed by atoms with Crippen molar-refractivity contribution >= 4 is 22.4 Å². The fourth-order valence-electron chi connectivity index (χ4n) is 2.76. The van der Waals surface area contributed by atoms with Crippen LogP contribution in [0.25, 0.3) is 10.9 Å². The van der Waals surface area contributed by atoms with Crippen molar-refractivity contribution in [1.82, 2.24) is 4.98 Å². The summed E-state index contributed by atoms with van der Waals surface area (Å²) < 4.78 is 0. The molecule has 1 aromatic carbocycles. The van der Waals surface area contributed by atoms with E-state index in [9.17, 15) is 15.2 Å². The maximum Gasteiger partial charge on any atom is 0.270 e. The van der Waals surface area contributed by atoms with E-state index in [-0.39, 0.29) is 11.8 Å². The largest absolute Gasteiger partial charge is 0.393 e. The van der Waals surface area contributed by atoms with Gasteiger partial charge < -0.3 is 10.0 Å². The first-order chi connectivity index (χ1) is 10.0. The summed E-state index contributed by atoms with van der Waals surface area (Å²) in [5.41, 5.74) is 0.826. The minimum atomic E-state index is -0.401. The Morgan fingerprint density at radius 1 is 1.38 bits per heavy atom. The molecule has 0 saturated heterocycles. The van der Waals surface area contributed by atoms with Crippen LogP contribution in [0.3, 0.4) is 0 Å². The van der Waals surface area contributed by atoms with Crippen molar-refractivity contribution in [3.05, 3.63) is 40.4 Å². The number of aromatic nitrogens is 1. The number of nitro groups is 1. The van der Waals surface area contributed by atoms with Crippen LogP contribution in [0, 0.1) is 16.0 Å². The van der Waals surface area contributed by atoms with Gasteiger partial charge in [0.15, 0.2) is 0 Å². The average Bonchev–Trinajstić information content (AvgIpc) is 2.44. The van der Waals surface area contributed by atoms with Gasteiger partial charge in [-0.2, -0.15) is 0 Å². The second-order valence-electron chi connectivity index (χ2n) is 5.68. The molecule has 6 nitrogen and oxygen atoms in total. The highest BCUT2D eigenvalue weighted by atomic mass is 16.6. The molecule has 0 radical (unpaired) electrons. The van der Waals surface area contributed by atoms with Crippen molar-refractivity contribution in [1.29, 1.82) is 0 Å². The van der Waals surface area contributed by atoms with E-state index in [0.29, 0.717) is 5.92 Å². The van der Waals surface area contributed by atoms with Gasteiger partial charge in [0, 0.05) is 31.1 Å². The molecule has 110 valence electrons. The summed E-state index contributed by atoms with van der Waals surface area (Å²) in [5.74, 6) is 1.36. The topological polar surface area (TPSA) is 79.5 Å². The first kappa shape index (κ1) is 13.8. The Bertz CT molecular complexity index is 683. The number of pyridine rings is 1. The van der Waals surface area contributed by atoms with Gasteiger partial charge in [-0.05, 0) is 37.0 Å². The minimum absolute atomic E-state index is 0.0776. The Kier molecular flexibility index (Phi) is 3.47. The summed E-state index contributed by atoms with van der Waals surface area (Å²) >= 11 is 0. The zero-order valence-electron chi connectivity index (χ0n) is 11.8. The molecule has 0 unspecified atom stereocenters. The lowest BCUT2D eigenvalue weighted by Crippen LogP contribution is -2.37. The van der Waals surface area contributed by atoms with Crippen LogP contribution in [0.15, 0.2) is 30.3 Å². The van der Waals surface area contributed by atoms with E-state index in [1.165, 1.54) is 12.1 Å². The Balaban J connectivity index is 1.80. The number of benzene rings is 1. The van der Waals surface area contributed by atoms with Crippen LogP contribution in [-0.4, -0.2) is 34.7 Å². The summed E-state index contributed by atoms with van der Waals surface area (Å²) in [6.07, 6.45) is 1.56. The lowest BCUT2D eigenvalue weighted by molar-refractivity contribution is -0.384. The van der Waals surface area contributed by atoms with Crippen LogP contribution in [0.4, 0.5) is 11.5 Å². The third-order valence-electron chi connectivity index (χ3n) is 4.00. The van der Waals surface area contributed by atoms with Crippen LogP contribution < -0.4 is 4.90 Å². The molecule has 0 atom stereocenters. The summed E-state index contributed by atoms with van der Waals surface area (Å²) in [7, 11) is 1.98. The smallest absolute Gasteiger partial charge is 0.270 e. The van der Waals surface area contributed by atoms with E-state index in [1.807, 2.05) is 19.2 Å². The van der Waals surface area contributed by atoms with Gasteiger partial charge in [-0.1, -0.05) is 0 Å². The molecule has 0 aliphatic heterocycles. The van der Waals surface area contributed by atoms with E-state index >= 15 is 0 Å². The van der Waals surface area contributed by atoms with Gasteiger partial charge in [0.1, 0.15) is 5.82 Å². The van der Waals surface area contributed by atoms with E-state index < -0.39 is 4.92 Å². The summed E-state index contributed by atoms with van der Waals surface area (Å²) in [5, 5.41) is 20.9. The highest BCUT2D eigenvalue weighted by Gasteiger charge is 2.28. The predicted molar refractivity (Wildman–Crippen MR) is 80.4 cm³/mol. The maximum absolute atomic E-state index is 10.8. The number of anilines is 1. The van der Waals surface area contributed by atoms with Gasteiger partial charge in [0.25, 0.3) is 5.69 Å². The number of rotatable bonds is 4. The molecule has 1 aromatic heterocycles. The monoisotopic (exact) mass is 287 g/mol. The lowest BCUT2D eigenvalue weighted by atomic mass is 9.82. The third-order valence-corrected chi connectivity index (χ3v) is 4.00. The van der Waals surface area contributed by atoms with E-state index in [2.05, 4.69) is 9.88 Å². The van der Waals surface area contributed by atoms with Gasteiger partial charge in [0.2, 0.25) is 0 Å². The number of fused-ring (bicyclic) bond motifs is 1. The van der Waals surface area contributed by atoms with Crippen LogP contribution in [0.2, 0.25) is 0 Å². The van der Waals surface area contributed by atoms with Crippen LogP contribution >= 0.6 is 0 Å². The molecule has 2 aromatic rings. The first-order valence-corrected chi connectivity index (χ1v) is 6.97. The SMILES string of the molecule is CN(CC1CC(O)C1)c1ccc2cc([N+](=O)[O-])ccc2n1. The van der Waals surface area contributed by atoms with E-state index in [0.717, 1.165) is 36.1 Å². The lowest BCUT2D eigenvalue weighted by Gasteiger charge is -2.34. The minimum Gasteiger partial charge on any atom is -0.393 e. The predicted octanol–water partition coefficient (Wildman–Crippen LogP) is 2.35. The van der Waals surface area contributed by atoms with Crippen molar-refractivity contribution in [3.8, 4) is 0 Å². The molecule has 0 amide bonds. The number of hydrogen-bond acceptors (Lipinski definition) is 5. The molecule has 1 N–H and O–H groups in total. The summed E-state index contributed by atoms with van der Waals surface area (Å²) in [4.78, 5) is 17.0. The standard InChI is InChI=1S/C15H17N3O3/c1-17(9-10-6-13(19)7-10)15-5-2-11-8-12(18(20)21)3-4-14(11)16-15/h2-5,8,10,13,19H,6-7,9H2,1H3. The van der Waals surface area contributed by atoms with Crippen molar-refractivity contribution in [3.63, 3.8) is 0 Å². The highest BCUT2D eigenvalue weighted by Crippen LogP contribution is 2.29. The van der Waals surface area contributed by atoms with Crippen molar-refractivity contribution in [2.45, 2.75) is 18.9 Å². The van der Waals surface area contributed by atoms with E-state index in [1.54, 1.807) is 6.07 Å². The van der Waals surface area contributed by atoms with Gasteiger partial charge in [-0.3, -0.25) is 10.1 Å². The maximum atomic E-state index is 10.8. The molecule has 1 aliphatic rings. The molecular formula is C15H17N3O3. The Labute approximate surface area is 122 Å². The normalized spacial score (nSPS) is 21.0. The second kappa shape index (κ2) is 5.29. The molecule has 6 heteroatoms. The number of nitrogens with zero attached hydrogens (tertiary/aromatic N) is 3. The first-order valence-electron chi connectivity index (χ1n) is 6.97. The van der Waals surface area contributed by atoms with Gasteiger partial charge in [-0.15, -0.1) is 0 Å². The van der Waals surface area contributed by atoms with Crippen molar-refractivity contribution in [2.24, 2.45) is 5.92 Å². The number of nitro benzene ring substituents is 1. The molecule has 21 heavy (non-hydrogen) atoms. The second-order valence-corrected chi connectivity index (χ2v) is 5.68. The molecule has 3 rings (SSSR count). The van der Waals surface area contributed by atoms with Gasteiger partial charge in [0.05, 0.1) is 16.5 Å². The number of aliphatic hydroxyl groups is 1. The zero-order valence-corrected chi connectivity index (χ0v) is 11.8. The van der Waals surface area contributed by atoms with E-state index in [4.69, 9.17) is 0 Å². The molecule has 1 saturated carbocycles. The highest BCUT2D eigenvalue weighted by molar-refractivity contribution is 5.82. The van der Waals surface area contributed by atoms with Gasteiger partial charge in [-0.25, -0.2) is 4.98 Å². The molecule has 1 fully saturated rings. The Morgan fingerprint density at radius 2 is 2.14 bits per heavy atom. The molecule has 0 bridgehead atoms. The van der Waals surface area contributed by atoms with Crippen LogP contribution in [-0.2, 0) is 0 Å². The Morgan fingerprint density at radius 3 is 2.81 bits per heavy atom. The third kappa shape index (κ3) is 2.80. The average molecular weight is 287 g/mol. The number of aliphatic hydroxyl groups excluding tert-OH is 1. The molecular weight excluding hydrogens is 270 g/mol. The summed E-state index contributed by atoms with van der Waals surface area (Å²) in [6.45, 7) is 0.864. The quantitative estimate of drug-likeness (QED) is 0.689. The van der Waals surface area contributed by atoms with Crippen molar-refractivity contribution in [2.75, 3.05) is 18.5 Å². The molecule has 0 spiro atoms. The van der Waals surface area contributed by atoms with Crippen molar-refractivity contribution < 1.29 is 10.0 Å². The van der Waals surface area contributed by atoms with Crippen LogP contribution in [0.5, 0.6) is 0 Å². The Hall–Kier alpha value is -2.21. The summed E-state index contributed by atoms with van der Waals surface area (Å²) in [6, 6.07) is 8.42. The zero-order chi connectivity index (χ0) is 15.0. The fourth-order valence-corrected chi connectivity index (χ4v) is 2.76. The number of hydrogen-bond donors (Lipinski definition) is 1. The molecule has 1 aliphatic carbocycles. The fraction of sp³-hybridized carbons (Fsp3) is 0.400. The van der Waals surface area contributed by atoms with Gasteiger partial charge >= 0.3 is 0 Å². The van der Waals surface area contributed by atoms with Crippen LogP contribution in [0.1, 0.15) is 12.8 Å². The number of non-ortho nitro benzene ring substituents is 1.